The Hall–Kier alpha value is -2.44. The Bertz CT molecular complexity index is 513. The molecule has 0 heterocycles. The summed E-state index contributed by atoms with van der Waals surface area (Å²) in [4.78, 5) is 32.7. The van der Waals surface area contributed by atoms with Gasteiger partial charge in [-0.2, -0.15) is 0 Å². The molecule has 7 heteroatoms. The molecule has 7 nitrogen and oxygen atoms in total. The molecule has 0 bridgehead atoms. The topological polar surface area (TPSA) is 98.5 Å². The molecule has 19 heavy (non-hydrogen) atoms. The first-order chi connectivity index (χ1) is 8.97. The van der Waals surface area contributed by atoms with Crippen molar-refractivity contribution in [2.24, 2.45) is 0 Å². The van der Waals surface area contributed by atoms with Crippen molar-refractivity contribution < 1.29 is 19.2 Å². The first-order valence-corrected chi connectivity index (χ1v) is 5.76. The number of nitrogens with one attached hydrogen (secondary N) is 1. The highest BCUT2D eigenvalue weighted by Crippen LogP contribution is 2.29. The maximum absolute atomic E-state index is 11.3. The fourth-order valence-corrected chi connectivity index (χ4v) is 1.25. The summed E-state index contributed by atoms with van der Waals surface area (Å²) >= 11 is 0. The molecule has 0 aromatic heterocycles. The summed E-state index contributed by atoms with van der Waals surface area (Å²) in [6, 6.07) is 3.68. The molecule has 102 valence electrons. The molecule has 1 aromatic carbocycles. The number of carbonyl (C=O) groups excluding carboxylic acids is 2. The van der Waals surface area contributed by atoms with Crippen LogP contribution >= 0.6 is 0 Å². The van der Waals surface area contributed by atoms with E-state index in [4.69, 9.17) is 4.74 Å². The van der Waals surface area contributed by atoms with Gasteiger partial charge >= 0.3 is 5.97 Å². The van der Waals surface area contributed by atoms with Crippen LogP contribution in [0, 0.1) is 10.1 Å². The zero-order valence-electron chi connectivity index (χ0n) is 10.6. The van der Waals surface area contributed by atoms with Gasteiger partial charge in [0.25, 0.3) is 5.69 Å². The molecule has 0 spiro atoms. The number of non-ortho nitro benzene ring substituents is 1. The second kappa shape index (κ2) is 6.48. The van der Waals surface area contributed by atoms with Crippen molar-refractivity contribution in [3.05, 3.63) is 28.3 Å². The molecule has 0 radical (unpaired) electrons. The lowest BCUT2D eigenvalue weighted by molar-refractivity contribution is -0.384. The summed E-state index contributed by atoms with van der Waals surface area (Å²) in [5.74, 6) is -0.835. The molecular formula is C12H14N2O5. The normalized spacial score (nSPS) is 9.79. The fourth-order valence-electron chi connectivity index (χ4n) is 1.25. The van der Waals surface area contributed by atoms with Crippen molar-refractivity contribution in [2.75, 3.05) is 5.32 Å². The third-order valence-corrected chi connectivity index (χ3v) is 2.28. The van der Waals surface area contributed by atoms with Gasteiger partial charge in [-0.15, -0.1) is 0 Å². The van der Waals surface area contributed by atoms with Crippen molar-refractivity contribution in [1.82, 2.24) is 0 Å². The number of esters is 1. The van der Waals surface area contributed by atoms with Gasteiger partial charge in [-0.3, -0.25) is 19.7 Å². The van der Waals surface area contributed by atoms with Crippen molar-refractivity contribution in [3.63, 3.8) is 0 Å². The zero-order chi connectivity index (χ0) is 14.4. The number of hydrogen-bond donors (Lipinski definition) is 1. The summed E-state index contributed by atoms with van der Waals surface area (Å²) < 4.78 is 4.97. The lowest BCUT2D eigenvalue weighted by atomic mass is 10.2. The van der Waals surface area contributed by atoms with Crippen molar-refractivity contribution in [1.29, 1.82) is 0 Å². The van der Waals surface area contributed by atoms with Crippen LogP contribution < -0.4 is 10.1 Å². The second-order valence-corrected chi connectivity index (χ2v) is 3.67. The van der Waals surface area contributed by atoms with Gasteiger partial charge in [-0.05, 0) is 6.07 Å². The van der Waals surface area contributed by atoms with E-state index in [1.807, 2.05) is 0 Å². The second-order valence-electron chi connectivity index (χ2n) is 3.67. The zero-order valence-corrected chi connectivity index (χ0v) is 10.6. The van der Waals surface area contributed by atoms with Gasteiger partial charge in [0.2, 0.25) is 5.91 Å². The van der Waals surface area contributed by atoms with Crippen LogP contribution in [-0.4, -0.2) is 16.8 Å². The molecule has 1 aromatic rings. The van der Waals surface area contributed by atoms with Gasteiger partial charge in [0.1, 0.15) is 0 Å². The Morgan fingerprint density at radius 1 is 1.32 bits per heavy atom. The molecule has 0 fully saturated rings. The standard InChI is InChI=1S/C12H14N2O5/c1-3-11(15)13-9-6-5-8(14(17)18)7-10(9)19-12(16)4-2/h5-7H,3-4H2,1-2H3,(H,13,15). The molecule has 0 aliphatic heterocycles. The van der Waals surface area contributed by atoms with E-state index in [-0.39, 0.29) is 35.9 Å². The number of ether oxygens (including phenoxy) is 1. The number of amides is 1. The highest BCUT2D eigenvalue weighted by Gasteiger charge is 2.15. The van der Waals surface area contributed by atoms with Gasteiger partial charge in [0.05, 0.1) is 16.7 Å². The average Bonchev–Trinajstić information content (AvgIpc) is 2.39. The maximum Gasteiger partial charge on any atom is 0.310 e. The number of nitro benzene ring substituents is 1. The largest absolute Gasteiger partial charge is 0.424 e. The summed E-state index contributed by atoms with van der Waals surface area (Å²) in [7, 11) is 0. The van der Waals surface area contributed by atoms with Gasteiger partial charge < -0.3 is 10.1 Å². The van der Waals surface area contributed by atoms with Crippen molar-refractivity contribution in [3.8, 4) is 5.75 Å². The van der Waals surface area contributed by atoms with Gasteiger partial charge in [0.15, 0.2) is 5.75 Å². The van der Waals surface area contributed by atoms with Crippen LogP contribution in [-0.2, 0) is 9.59 Å². The Morgan fingerprint density at radius 3 is 2.53 bits per heavy atom. The van der Waals surface area contributed by atoms with Crippen LogP contribution in [0.15, 0.2) is 18.2 Å². The summed E-state index contributed by atoms with van der Waals surface area (Å²) in [5.41, 5.74) is 0.0210. The quantitative estimate of drug-likeness (QED) is 0.381. The van der Waals surface area contributed by atoms with Gasteiger partial charge in [0, 0.05) is 18.9 Å². The maximum atomic E-state index is 11.3. The summed E-state index contributed by atoms with van der Waals surface area (Å²) in [6.07, 6.45) is 0.377. The van der Waals surface area contributed by atoms with Crippen LogP contribution in [0.3, 0.4) is 0 Å². The molecule has 1 rings (SSSR count). The first-order valence-electron chi connectivity index (χ1n) is 5.76. The molecule has 0 unspecified atom stereocenters. The van der Waals surface area contributed by atoms with E-state index in [1.54, 1.807) is 13.8 Å². The molecule has 0 aliphatic carbocycles. The van der Waals surface area contributed by atoms with E-state index < -0.39 is 10.9 Å². The van der Waals surface area contributed by atoms with E-state index >= 15 is 0 Å². The number of rotatable bonds is 5. The van der Waals surface area contributed by atoms with E-state index in [0.29, 0.717) is 0 Å². The monoisotopic (exact) mass is 266 g/mol. The first kappa shape index (κ1) is 14.6. The van der Waals surface area contributed by atoms with Crippen LogP contribution in [0.2, 0.25) is 0 Å². The van der Waals surface area contributed by atoms with Crippen molar-refractivity contribution >= 4 is 23.3 Å². The number of carbonyl (C=O) groups is 2. The lowest BCUT2D eigenvalue weighted by Gasteiger charge is -2.10. The van der Waals surface area contributed by atoms with Gasteiger partial charge in [-0.25, -0.2) is 0 Å². The molecule has 0 saturated heterocycles. The molecule has 0 atom stereocenters. The van der Waals surface area contributed by atoms with Crippen molar-refractivity contribution in [2.45, 2.75) is 26.7 Å². The van der Waals surface area contributed by atoms with E-state index in [1.165, 1.54) is 12.1 Å². The smallest absolute Gasteiger partial charge is 0.310 e. The number of anilines is 1. The lowest BCUT2D eigenvalue weighted by Crippen LogP contribution is -2.13. The van der Waals surface area contributed by atoms with Crippen LogP contribution in [0.1, 0.15) is 26.7 Å². The molecule has 0 saturated carbocycles. The minimum absolute atomic E-state index is 0.0251. The van der Waals surface area contributed by atoms with Crippen LogP contribution in [0.25, 0.3) is 0 Å². The van der Waals surface area contributed by atoms with Crippen LogP contribution in [0.5, 0.6) is 5.75 Å². The summed E-state index contributed by atoms with van der Waals surface area (Å²) in [5, 5.41) is 13.2. The van der Waals surface area contributed by atoms with E-state index in [9.17, 15) is 19.7 Å². The minimum Gasteiger partial charge on any atom is -0.424 e. The third-order valence-electron chi connectivity index (χ3n) is 2.28. The highest BCUT2D eigenvalue weighted by molar-refractivity contribution is 5.93. The van der Waals surface area contributed by atoms with E-state index in [0.717, 1.165) is 6.07 Å². The molecule has 1 N–H and O–H groups in total. The number of benzene rings is 1. The fraction of sp³-hybridized carbons (Fsp3) is 0.333. The van der Waals surface area contributed by atoms with E-state index in [2.05, 4.69) is 5.32 Å². The average molecular weight is 266 g/mol. The Kier molecular flexibility index (Phi) is 4.99. The van der Waals surface area contributed by atoms with Gasteiger partial charge in [-0.1, -0.05) is 13.8 Å². The Balaban J connectivity index is 3.10. The Labute approximate surface area is 109 Å². The predicted octanol–water partition coefficient (Wildman–Crippen LogP) is 2.26. The number of hydrogen-bond acceptors (Lipinski definition) is 5. The summed E-state index contributed by atoms with van der Waals surface area (Å²) in [6.45, 7) is 3.27. The minimum atomic E-state index is -0.602. The predicted molar refractivity (Wildman–Crippen MR) is 67.9 cm³/mol. The SMILES string of the molecule is CCC(=O)Nc1ccc([N+](=O)[O-])cc1OC(=O)CC. The number of nitrogens with zero attached hydrogens (tertiary/aromatic N) is 1. The number of nitro groups is 1. The highest BCUT2D eigenvalue weighted by atomic mass is 16.6. The third kappa shape index (κ3) is 4.06. The molecule has 1 amide bonds. The van der Waals surface area contributed by atoms with Crippen LogP contribution in [0.4, 0.5) is 11.4 Å². The Morgan fingerprint density at radius 2 is 2.00 bits per heavy atom. The molecular weight excluding hydrogens is 252 g/mol. The molecule has 0 aliphatic rings.